The molecule has 0 bridgehead atoms. The summed E-state index contributed by atoms with van der Waals surface area (Å²) in [4.78, 5) is 41.4. The highest BCUT2D eigenvalue weighted by Crippen LogP contribution is 2.44. The lowest BCUT2D eigenvalue weighted by atomic mass is 9.98. The Hall–Kier alpha value is -4.59. The third-order valence-electron chi connectivity index (χ3n) is 7.37. The molecule has 8 nitrogen and oxygen atoms in total. The Bertz CT molecular complexity index is 1500. The zero-order valence-corrected chi connectivity index (χ0v) is 22.5. The van der Waals surface area contributed by atoms with Crippen molar-refractivity contribution in [3.05, 3.63) is 95.7 Å². The first-order valence-electron chi connectivity index (χ1n) is 13.5. The number of aromatic nitrogens is 1. The standard InChI is InChI=1S/C32H33N3O5/c1-19(2)15-28(30(36)34-29(31(37)38)16-20-17-33-27-14-8-7-9-21(20)27)35-32(39)40-18-26-24-12-5-3-10-22(24)23-11-4-6-13-25(23)26/h3-14,17,19,26,28-29,33H,15-16,18H2,1-2H3,(H,34,36)(H,35,39)(H,37,38)/t28-,29-/m0/s1. The molecule has 0 saturated carbocycles. The summed E-state index contributed by atoms with van der Waals surface area (Å²) in [6.07, 6.45) is 1.47. The van der Waals surface area contributed by atoms with Gasteiger partial charge in [0.25, 0.3) is 0 Å². The van der Waals surface area contributed by atoms with Crippen LogP contribution < -0.4 is 10.6 Å². The predicted octanol–water partition coefficient (Wildman–Crippen LogP) is 5.23. The molecule has 1 heterocycles. The Morgan fingerprint density at radius 2 is 1.50 bits per heavy atom. The van der Waals surface area contributed by atoms with E-state index in [-0.39, 0.29) is 24.9 Å². The van der Waals surface area contributed by atoms with Gasteiger partial charge in [-0.3, -0.25) is 4.79 Å². The molecule has 0 fully saturated rings. The van der Waals surface area contributed by atoms with E-state index in [1.54, 1.807) is 6.20 Å². The number of alkyl carbamates (subject to hydrolysis) is 1. The molecule has 3 aromatic carbocycles. The summed E-state index contributed by atoms with van der Waals surface area (Å²) in [5.74, 6) is -1.75. The van der Waals surface area contributed by atoms with E-state index in [1.807, 2.05) is 74.5 Å². The van der Waals surface area contributed by atoms with Gasteiger partial charge >= 0.3 is 12.1 Å². The number of amides is 2. The van der Waals surface area contributed by atoms with Crippen molar-refractivity contribution in [2.45, 2.75) is 44.7 Å². The van der Waals surface area contributed by atoms with Crippen LogP contribution in [0.15, 0.2) is 79.0 Å². The predicted molar refractivity (Wildman–Crippen MR) is 153 cm³/mol. The molecule has 0 radical (unpaired) electrons. The van der Waals surface area contributed by atoms with Gasteiger partial charge in [-0.15, -0.1) is 0 Å². The lowest BCUT2D eigenvalue weighted by Gasteiger charge is -2.23. The van der Waals surface area contributed by atoms with Gasteiger partial charge in [-0.2, -0.15) is 0 Å². The van der Waals surface area contributed by atoms with Gasteiger partial charge in [-0.05, 0) is 46.2 Å². The maximum absolute atomic E-state index is 13.3. The maximum atomic E-state index is 13.3. The average molecular weight is 540 g/mol. The number of carbonyl (C=O) groups excluding carboxylic acids is 2. The molecular weight excluding hydrogens is 506 g/mol. The van der Waals surface area contributed by atoms with Crippen molar-refractivity contribution in [3.63, 3.8) is 0 Å². The Labute approximate surface area is 232 Å². The number of hydrogen-bond donors (Lipinski definition) is 4. The molecule has 1 aliphatic rings. The smallest absolute Gasteiger partial charge is 0.407 e. The fourth-order valence-electron chi connectivity index (χ4n) is 5.48. The summed E-state index contributed by atoms with van der Waals surface area (Å²) >= 11 is 0. The van der Waals surface area contributed by atoms with Gasteiger partial charge in [0.15, 0.2) is 0 Å². The highest BCUT2D eigenvalue weighted by molar-refractivity contribution is 5.90. The van der Waals surface area contributed by atoms with E-state index in [0.29, 0.717) is 6.42 Å². The Balaban J connectivity index is 1.25. The zero-order valence-electron chi connectivity index (χ0n) is 22.5. The van der Waals surface area contributed by atoms with Gasteiger partial charge in [0.1, 0.15) is 18.7 Å². The summed E-state index contributed by atoms with van der Waals surface area (Å²) in [6, 6.07) is 21.6. The number of aliphatic carboxylic acids is 1. The minimum absolute atomic E-state index is 0.0709. The van der Waals surface area contributed by atoms with Gasteiger partial charge in [0, 0.05) is 29.4 Å². The molecule has 1 aliphatic carbocycles. The van der Waals surface area contributed by atoms with Crippen molar-refractivity contribution in [2.75, 3.05) is 6.61 Å². The van der Waals surface area contributed by atoms with E-state index in [1.165, 1.54) is 0 Å². The lowest BCUT2D eigenvalue weighted by Crippen LogP contribution is -2.52. The number of rotatable bonds is 10. The summed E-state index contributed by atoms with van der Waals surface area (Å²) < 4.78 is 5.64. The summed E-state index contributed by atoms with van der Waals surface area (Å²) in [5.41, 5.74) is 6.11. The highest BCUT2D eigenvalue weighted by atomic mass is 16.5. The van der Waals surface area contributed by atoms with Crippen LogP contribution in [-0.4, -0.2) is 46.8 Å². The Kier molecular flexibility index (Phi) is 7.86. The van der Waals surface area contributed by atoms with Gasteiger partial charge in [-0.1, -0.05) is 80.6 Å². The lowest BCUT2D eigenvalue weighted by molar-refractivity contribution is -0.142. The highest BCUT2D eigenvalue weighted by Gasteiger charge is 2.31. The van der Waals surface area contributed by atoms with Crippen molar-refractivity contribution >= 4 is 28.9 Å². The molecule has 8 heteroatoms. The van der Waals surface area contributed by atoms with Crippen LogP contribution in [-0.2, 0) is 20.7 Å². The third-order valence-corrected chi connectivity index (χ3v) is 7.37. The van der Waals surface area contributed by atoms with Crippen molar-refractivity contribution in [3.8, 4) is 11.1 Å². The zero-order chi connectivity index (χ0) is 28.2. The van der Waals surface area contributed by atoms with Gasteiger partial charge in [0.05, 0.1) is 0 Å². The Morgan fingerprint density at radius 3 is 2.15 bits per heavy atom. The molecule has 0 aliphatic heterocycles. The van der Waals surface area contributed by atoms with Gasteiger partial charge in [-0.25, -0.2) is 9.59 Å². The average Bonchev–Trinajstić information content (AvgIpc) is 3.49. The number of fused-ring (bicyclic) bond motifs is 4. The summed E-state index contributed by atoms with van der Waals surface area (Å²) in [6.45, 7) is 3.98. The molecule has 0 saturated heterocycles. The number of hydrogen-bond acceptors (Lipinski definition) is 4. The quantitative estimate of drug-likeness (QED) is 0.220. The number of ether oxygens (including phenoxy) is 1. The second kappa shape index (κ2) is 11.7. The van der Waals surface area contributed by atoms with Crippen molar-refractivity contribution < 1.29 is 24.2 Å². The molecule has 2 amide bonds. The van der Waals surface area contributed by atoms with E-state index in [4.69, 9.17) is 4.74 Å². The van der Waals surface area contributed by atoms with Crippen LogP contribution in [0.5, 0.6) is 0 Å². The maximum Gasteiger partial charge on any atom is 0.407 e. The second-order valence-corrected chi connectivity index (χ2v) is 10.6. The van der Waals surface area contributed by atoms with Crippen LogP contribution in [0.4, 0.5) is 4.79 Å². The third kappa shape index (κ3) is 5.71. The van der Waals surface area contributed by atoms with Crippen molar-refractivity contribution in [1.29, 1.82) is 0 Å². The molecule has 2 atom stereocenters. The molecule has 0 spiro atoms. The minimum Gasteiger partial charge on any atom is -0.480 e. The van der Waals surface area contributed by atoms with E-state index in [2.05, 4.69) is 27.8 Å². The van der Waals surface area contributed by atoms with E-state index in [0.717, 1.165) is 38.7 Å². The van der Waals surface area contributed by atoms with Crippen LogP contribution in [0, 0.1) is 5.92 Å². The van der Waals surface area contributed by atoms with E-state index in [9.17, 15) is 19.5 Å². The molecular formula is C32H33N3O5. The molecule has 4 N–H and O–H groups in total. The fourth-order valence-corrected chi connectivity index (χ4v) is 5.48. The number of nitrogens with one attached hydrogen (secondary N) is 3. The van der Waals surface area contributed by atoms with Crippen LogP contribution in [0.1, 0.15) is 42.9 Å². The first-order chi connectivity index (χ1) is 19.3. The van der Waals surface area contributed by atoms with Crippen molar-refractivity contribution in [1.82, 2.24) is 15.6 Å². The van der Waals surface area contributed by atoms with E-state index < -0.39 is 30.1 Å². The van der Waals surface area contributed by atoms with Crippen LogP contribution in [0.2, 0.25) is 0 Å². The molecule has 206 valence electrons. The monoisotopic (exact) mass is 539 g/mol. The van der Waals surface area contributed by atoms with Crippen molar-refractivity contribution in [2.24, 2.45) is 5.92 Å². The Morgan fingerprint density at radius 1 is 0.875 bits per heavy atom. The first-order valence-corrected chi connectivity index (χ1v) is 13.5. The van der Waals surface area contributed by atoms with Crippen LogP contribution in [0.25, 0.3) is 22.0 Å². The number of para-hydroxylation sites is 1. The van der Waals surface area contributed by atoms with Gasteiger partial charge < -0.3 is 25.5 Å². The normalized spacial score (nSPS) is 13.9. The minimum atomic E-state index is -1.16. The van der Waals surface area contributed by atoms with Crippen LogP contribution >= 0.6 is 0 Å². The number of carbonyl (C=O) groups is 3. The number of carboxylic acid groups (broad SMARTS) is 1. The summed E-state index contributed by atoms with van der Waals surface area (Å²) in [7, 11) is 0. The molecule has 0 unspecified atom stereocenters. The number of aromatic amines is 1. The summed E-state index contributed by atoms with van der Waals surface area (Å²) in [5, 5.41) is 16.1. The molecule has 1 aromatic heterocycles. The number of H-pyrrole nitrogens is 1. The van der Waals surface area contributed by atoms with E-state index >= 15 is 0 Å². The SMILES string of the molecule is CC(C)C[C@H](NC(=O)OCC1c2ccccc2-c2ccccc21)C(=O)N[C@@H](Cc1c[nH]c2ccccc12)C(=O)O. The topological polar surface area (TPSA) is 121 Å². The molecule has 40 heavy (non-hydrogen) atoms. The second-order valence-electron chi connectivity index (χ2n) is 10.6. The van der Waals surface area contributed by atoms with Crippen LogP contribution in [0.3, 0.4) is 0 Å². The molecule has 5 rings (SSSR count). The van der Waals surface area contributed by atoms with Gasteiger partial charge in [0.2, 0.25) is 5.91 Å². The number of carboxylic acids is 1. The number of benzene rings is 3. The first kappa shape index (κ1) is 27.0. The molecule has 4 aromatic rings. The largest absolute Gasteiger partial charge is 0.480 e. The fraction of sp³-hybridized carbons (Fsp3) is 0.281.